The van der Waals surface area contributed by atoms with E-state index in [1.54, 1.807) is 36.4 Å². The van der Waals surface area contributed by atoms with E-state index >= 15 is 0 Å². The van der Waals surface area contributed by atoms with Gasteiger partial charge < -0.3 is 10.6 Å². The van der Waals surface area contributed by atoms with Crippen molar-refractivity contribution >= 4 is 23.0 Å². The van der Waals surface area contributed by atoms with Crippen LogP contribution in [0.1, 0.15) is 21.5 Å². The van der Waals surface area contributed by atoms with Gasteiger partial charge in [0.05, 0.1) is 22.5 Å². The first kappa shape index (κ1) is 18.5. The molecule has 1 amide bonds. The number of alkyl halides is 3. The Hall–Kier alpha value is -3.28. The highest BCUT2D eigenvalue weighted by atomic mass is 19.4. The summed E-state index contributed by atoms with van der Waals surface area (Å²) in [5.41, 5.74) is 1.17. The minimum Gasteiger partial charge on any atom is -0.354 e. The van der Waals surface area contributed by atoms with Crippen LogP contribution in [0.5, 0.6) is 0 Å². The van der Waals surface area contributed by atoms with Crippen LogP contribution >= 0.6 is 0 Å². The van der Waals surface area contributed by atoms with E-state index in [2.05, 4.69) is 10.6 Å². The van der Waals surface area contributed by atoms with Crippen molar-refractivity contribution in [3.8, 4) is 0 Å². The first-order valence-corrected chi connectivity index (χ1v) is 8.25. The van der Waals surface area contributed by atoms with Crippen molar-refractivity contribution in [1.29, 1.82) is 0 Å². The maximum Gasteiger partial charge on any atom is 0.418 e. The second-order valence-corrected chi connectivity index (χ2v) is 5.98. The number of nitrogens with one attached hydrogen (secondary N) is 2. The first-order valence-electron chi connectivity index (χ1n) is 8.25. The molecule has 3 aromatic carbocycles. The summed E-state index contributed by atoms with van der Waals surface area (Å²) < 4.78 is 39.7. The molecule has 0 atom stereocenters. The predicted octanol–water partition coefficient (Wildman–Crippen LogP) is 6.01. The van der Waals surface area contributed by atoms with Crippen molar-refractivity contribution in [2.45, 2.75) is 13.1 Å². The van der Waals surface area contributed by atoms with Gasteiger partial charge in [0.1, 0.15) is 0 Å². The van der Waals surface area contributed by atoms with Crippen LogP contribution in [0.4, 0.5) is 30.2 Å². The smallest absolute Gasteiger partial charge is 0.354 e. The Morgan fingerprint density at radius 3 is 2.00 bits per heavy atom. The Kier molecular flexibility index (Phi) is 5.16. The highest BCUT2D eigenvalue weighted by Gasteiger charge is 2.33. The summed E-state index contributed by atoms with van der Waals surface area (Å²) in [6.45, 7) is 1.86. The zero-order valence-electron chi connectivity index (χ0n) is 14.5. The van der Waals surface area contributed by atoms with E-state index in [4.69, 9.17) is 0 Å². The molecule has 0 saturated carbocycles. The third kappa shape index (κ3) is 4.28. The fourth-order valence-electron chi connectivity index (χ4n) is 2.68. The van der Waals surface area contributed by atoms with Gasteiger partial charge in [-0.1, -0.05) is 42.5 Å². The summed E-state index contributed by atoms with van der Waals surface area (Å²) in [5.74, 6) is -0.406. The largest absolute Gasteiger partial charge is 0.418 e. The molecule has 2 N–H and O–H groups in total. The third-order valence-electron chi connectivity index (χ3n) is 4.07. The Labute approximate surface area is 154 Å². The number of aryl methyl sites for hydroxylation is 1. The van der Waals surface area contributed by atoms with E-state index in [1.165, 1.54) is 18.2 Å². The van der Waals surface area contributed by atoms with Gasteiger partial charge >= 0.3 is 6.18 Å². The highest BCUT2D eigenvalue weighted by Crippen LogP contribution is 2.36. The number of anilines is 3. The number of carbonyl (C=O) groups is 1. The summed E-state index contributed by atoms with van der Waals surface area (Å²) >= 11 is 0. The van der Waals surface area contributed by atoms with Crippen LogP contribution in [0.15, 0.2) is 72.8 Å². The molecule has 0 heterocycles. The normalized spacial score (nSPS) is 11.1. The topological polar surface area (TPSA) is 41.1 Å². The quantitative estimate of drug-likeness (QED) is 0.590. The molecule has 27 heavy (non-hydrogen) atoms. The van der Waals surface area contributed by atoms with E-state index in [9.17, 15) is 18.0 Å². The maximum atomic E-state index is 13.2. The minimum absolute atomic E-state index is 0.110. The van der Waals surface area contributed by atoms with Crippen LogP contribution in [0.25, 0.3) is 0 Å². The van der Waals surface area contributed by atoms with Gasteiger partial charge in [0, 0.05) is 5.69 Å². The van der Waals surface area contributed by atoms with Gasteiger partial charge in [0.15, 0.2) is 0 Å². The van der Waals surface area contributed by atoms with Gasteiger partial charge in [-0.25, -0.2) is 0 Å². The number of rotatable bonds is 4. The number of hydrogen-bond donors (Lipinski definition) is 2. The van der Waals surface area contributed by atoms with Crippen molar-refractivity contribution in [3.05, 3.63) is 89.5 Å². The second-order valence-electron chi connectivity index (χ2n) is 5.98. The van der Waals surface area contributed by atoms with E-state index in [-0.39, 0.29) is 11.3 Å². The van der Waals surface area contributed by atoms with E-state index in [0.717, 1.165) is 11.6 Å². The lowest BCUT2D eigenvalue weighted by Crippen LogP contribution is -2.15. The number of para-hydroxylation sites is 3. The van der Waals surface area contributed by atoms with Crippen LogP contribution in [-0.2, 0) is 6.18 Å². The fourth-order valence-corrected chi connectivity index (χ4v) is 2.68. The lowest BCUT2D eigenvalue weighted by Gasteiger charge is -2.17. The summed E-state index contributed by atoms with van der Waals surface area (Å²) in [4.78, 5) is 12.7. The van der Waals surface area contributed by atoms with Gasteiger partial charge in [-0.2, -0.15) is 13.2 Å². The molecule has 0 saturated heterocycles. The van der Waals surface area contributed by atoms with Crippen molar-refractivity contribution < 1.29 is 18.0 Å². The molecule has 6 heteroatoms. The molecular formula is C21H17F3N2O. The summed E-state index contributed by atoms with van der Waals surface area (Å²) in [6, 6.07) is 18.9. The lowest BCUT2D eigenvalue weighted by molar-refractivity contribution is -0.136. The standard InChI is InChI=1S/C21H17F3N2O/c1-14-8-2-5-11-17(14)26-20(27)15-9-3-6-12-18(15)25-19-13-7-4-10-16(19)21(22,23)24/h2-13,25H,1H3,(H,26,27). The Bertz CT molecular complexity index is 967. The molecule has 0 unspecified atom stereocenters. The SMILES string of the molecule is Cc1ccccc1NC(=O)c1ccccc1Nc1ccccc1C(F)(F)F. The van der Waals surface area contributed by atoms with Gasteiger partial charge in [-0.3, -0.25) is 4.79 Å². The third-order valence-corrected chi connectivity index (χ3v) is 4.07. The average molecular weight is 370 g/mol. The molecular weight excluding hydrogens is 353 g/mol. The fraction of sp³-hybridized carbons (Fsp3) is 0.0952. The van der Waals surface area contributed by atoms with Crippen LogP contribution in [0, 0.1) is 6.92 Å². The highest BCUT2D eigenvalue weighted by molar-refractivity contribution is 6.08. The van der Waals surface area contributed by atoms with Crippen LogP contribution in [-0.4, -0.2) is 5.91 Å². The van der Waals surface area contributed by atoms with Crippen molar-refractivity contribution in [1.82, 2.24) is 0 Å². The Morgan fingerprint density at radius 2 is 1.33 bits per heavy atom. The van der Waals surface area contributed by atoms with E-state index in [0.29, 0.717) is 11.4 Å². The second kappa shape index (κ2) is 7.53. The molecule has 0 bridgehead atoms. The molecule has 0 aliphatic rings. The average Bonchev–Trinajstić information content (AvgIpc) is 2.63. The Morgan fingerprint density at radius 1 is 0.778 bits per heavy atom. The predicted molar refractivity (Wildman–Crippen MR) is 100 cm³/mol. The van der Waals surface area contributed by atoms with Gasteiger partial charge in [0.25, 0.3) is 5.91 Å². The maximum absolute atomic E-state index is 13.2. The molecule has 3 rings (SSSR count). The van der Waals surface area contributed by atoms with Crippen molar-refractivity contribution in [2.24, 2.45) is 0 Å². The zero-order chi connectivity index (χ0) is 19.4. The van der Waals surface area contributed by atoms with Gasteiger partial charge in [-0.15, -0.1) is 0 Å². The number of halogens is 3. The molecule has 3 nitrogen and oxygen atoms in total. The molecule has 138 valence electrons. The number of benzene rings is 3. The van der Waals surface area contributed by atoms with Crippen LogP contribution < -0.4 is 10.6 Å². The summed E-state index contributed by atoms with van der Waals surface area (Å²) in [7, 11) is 0. The number of carbonyl (C=O) groups excluding carboxylic acids is 1. The van der Waals surface area contributed by atoms with E-state index in [1.807, 2.05) is 19.1 Å². The summed E-state index contributed by atoms with van der Waals surface area (Å²) in [5, 5.41) is 5.54. The minimum atomic E-state index is -4.50. The molecule has 0 aliphatic carbocycles. The van der Waals surface area contributed by atoms with Gasteiger partial charge in [-0.05, 0) is 42.8 Å². The molecule has 0 fully saturated rings. The monoisotopic (exact) mass is 370 g/mol. The molecule has 0 radical (unpaired) electrons. The summed E-state index contributed by atoms with van der Waals surface area (Å²) in [6.07, 6.45) is -4.50. The van der Waals surface area contributed by atoms with Crippen molar-refractivity contribution in [2.75, 3.05) is 10.6 Å². The first-order chi connectivity index (χ1) is 12.9. The Balaban J connectivity index is 1.92. The van der Waals surface area contributed by atoms with Crippen molar-refractivity contribution in [3.63, 3.8) is 0 Å². The number of amides is 1. The number of hydrogen-bond acceptors (Lipinski definition) is 2. The molecule has 0 spiro atoms. The van der Waals surface area contributed by atoms with E-state index < -0.39 is 17.6 Å². The van der Waals surface area contributed by atoms with Crippen LogP contribution in [0.3, 0.4) is 0 Å². The lowest BCUT2D eigenvalue weighted by atomic mass is 10.1. The molecule has 3 aromatic rings. The molecule has 0 aliphatic heterocycles. The van der Waals surface area contributed by atoms with Crippen LogP contribution in [0.2, 0.25) is 0 Å². The zero-order valence-corrected chi connectivity index (χ0v) is 14.5. The molecule has 0 aromatic heterocycles. The van der Waals surface area contributed by atoms with Gasteiger partial charge in [0.2, 0.25) is 0 Å².